The van der Waals surface area contributed by atoms with Crippen molar-refractivity contribution in [2.75, 3.05) is 10.1 Å². The van der Waals surface area contributed by atoms with E-state index < -0.39 is 10.0 Å². The van der Waals surface area contributed by atoms with Gasteiger partial charge in [-0.3, -0.25) is 4.72 Å². The van der Waals surface area contributed by atoms with E-state index in [0.29, 0.717) is 10.0 Å². The molecule has 4 N–H and O–H groups in total. The molecule has 0 aliphatic carbocycles. The highest BCUT2D eigenvalue weighted by Crippen LogP contribution is 2.26. The number of halogens is 3. The smallest absolute Gasteiger partial charge is 0.263 e. The van der Waals surface area contributed by atoms with E-state index in [-0.39, 0.29) is 21.4 Å². The number of aromatic nitrogens is 1. The Labute approximate surface area is 136 Å². The van der Waals surface area contributed by atoms with Crippen LogP contribution in [0.2, 0.25) is 15.1 Å². The number of hydrogen-bond acceptors (Lipinski definition) is 5. The summed E-state index contributed by atoms with van der Waals surface area (Å²) in [4.78, 5) is 3.68. The Bertz CT molecular complexity index is 763. The van der Waals surface area contributed by atoms with Crippen molar-refractivity contribution in [1.29, 1.82) is 0 Å². The zero-order valence-corrected chi connectivity index (χ0v) is 13.4. The molecule has 10 heteroatoms. The van der Waals surface area contributed by atoms with Gasteiger partial charge in [0.25, 0.3) is 10.0 Å². The number of benzene rings is 1. The summed E-state index contributed by atoms with van der Waals surface area (Å²) in [6.45, 7) is 0. The summed E-state index contributed by atoms with van der Waals surface area (Å²) >= 11 is 17.5. The van der Waals surface area contributed by atoms with Crippen molar-refractivity contribution in [2.24, 2.45) is 5.84 Å². The van der Waals surface area contributed by atoms with Crippen molar-refractivity contribution < 1.29 is 8.42 Å². The lowest BCUT2D eigenvalue weighted by Crippen LogP contribution is -2.15. The van der Waals surface area contributed by atoms with Gasteiger partial charge in [-0.15, -0.1) is 0 Å². The summed E-state index contributed by atoms with van der Waals surface area (Å²) in [6, 6.07) is 5.56. The number of sulfonamides is 1. The lowest BCUT2D eigenvalue weighted by Gasteiger charge is -2.10. The molecule has 0 bridgehead atoms. The van der Waals surface area contributed by atoms with Gasteiger partial charge >= 0.3 is 0 Å². The minimum Gasteiger partial charge on any atom is -0.307 e. The van der Waals surface area contributed by atoms with Gasteiger partial charge < -0.3 is 5.43 Å². The van der Waals surface area contributed by atoms with Crippen molar-refractivity contribution in [3.8, 4) is 0 Å². The SMILES string of the molecule is NNc1ncc(S(=O)(=O)Nc2cc(Cl)cc(Cl)c2)cc1Cl. The summed E-state index contributed by atoms with van der Waals surface area (Å²) in [5.74, 6) is 5.34. The van der Waals surface area contributed by atoms with Crippen LogP contribution in [0.1, 0.15) is 0 Å². The van der Waals surface area contributed by atoms with E-state index in [9.17, 15) is 8.42 Å². The van der Waals surface area contributed by atoms with Crippen molar-refractivity contribution in [3.05, 3.63) is 45.5 Å². The predicted molar refractivity (Wildman–Crippen MR) is 84.3 cm³/mol. The average Bonchev–Trinajstić information content (AvgIpc) is 2.36. The van der Waals surface area contributed by atoms with Gasteiger partial charge in [0.2, 0.25) is 0 Å². The Hall–Kier alpha value is -1.25. The van der Waals surface area contributed by atoms with Crippen LogP contribution in [0.25, 0.3) is 0 Å². The zero-order chi connectivity index (χ0) is 15.6. The Morgan fingerprint density at radius 3 is 2.19 bits per heavy atom. The molecule has 0 aliphatic rings. The fourth-order valence-corrected chi connectivity index (χ4v) is 3.32. The second-order valence-corrected chi connectivity index (χ2v) is 6.87. The summed E-state index contributed by atoms with van der Waals surface area (Å²) < 4.78 is 26.8. The lowest BCUT2D eigenvalue weighted by molar-refractivity contribution is 0.601. The fraction of sp³-hybridized carbons (Fsp3) is 0. The first-order valence-electron chi connectivity index (χ1n) is 5.43. The lowest BCUT2D eigenvalue weighted by atomic mass is 10.3. The maximum absolute atomic E-state index is 12.2. The first kappa shape index (κ1) is 16.1. The Morgan fingerprint density at radius 2 is 1.67 bits per heavy atom. The van der Waals surface area contributed by atoms with E-state index in [1.54, 1.807) is 0 Å². The van der Waals surface area contributed by atoms with Crippen LogP contribution in [0, 0.1) is 0 Å². The van der Waals surface area contributed by atoms with E-state index >= 15 is 0 Å². The number of pyridine rings is 1. The maximum Gasteiger partial charge on any atom is 0.263 e. The van der Waals surface area contributed by atoms with Crippen molar-refractivity contribution in [2.45, 2.75) is 4.90 Å². The average molecular weight is 368 g/mol. The molecular formula is C11H9Cl3N4O2S. The molecular weight excluding hydrogens is 359 g/mol. The minimum absolute atomic E-state index is 0.0736. The molecule has 0 saturated heterocycles. The van der Waals surface area contributed by atoms with Crippen LogP contribution >= 0.6 is 34.8 Å². The van der Waals surface area contributed by atoms with Crippen LogP contribution < -0.4 is 16.0 Å². The van der Waals surface area contributed by atoms with E-state index in [1.165, 1.54) is 24.3 Å². The molecule has 0 aliphatic heterocycles. The van der Waals surface area contributed by atoms with Crippen molar-refractivity contribution in [3.63, 3.8) is 0 Å². The fourth-order valence-electron chi connectivity index (χ4n) is 1.50. The molecule has 0 saturated carbocycles. The molecule has 0 fully saturated rings. The zero-order valence-electron chi connectivity index (χ0n) is 10.3. The van der Waals surface area contributed by atoms with Crippen LogP contribution in [0.15, 0.2) is 35.4 Å². The first-order valence-corrected chi connectivity index (χ1v) is 8.04. The van der Waals surface area contributed by atoms with Gasteiger partial charge in [-0.25, -0.2) is 19.2 Å². The van der Waals surface area contributed by atoms with E-state index in [1.807, 2.05) is 0 Å². The van der Waals surface area contributed by atoms with Gasteiger partial charge in [0.15, 0.2) is 5.82 Å². The second kappa shape index (κ2) is 6.25. The number of nitrogens with zero attached hydrogens (tertiary/aromatic N) is 1. The monoisotopic (exact) mass is 366 g/mol. The first-order chi connectivity index (χ1) is 9.81. The predicted octanol–water partition coefficient (Wildman–Crippen LogP) is 3.13. The van der Waals surface area contributed by atoms with Crippen LogP contribution in [-0.2, 0) is 10.0 Å². The van der Waals surface area contributed by atoms with Crippen molar-refractivity contribution >= 4 is 56.3 Å². The molecule has 1 aromatic carbocycles. The number of hydrazine groups is 1. The van der Waals surface area contributed by atoms with Gasteiger partial charge in [0, 0.05) is 16.2 Å². The highest BCUT2D eigenvalue weighted by Gasteiger charge is 2.17. The van der Waals surface area contributed by atoms with E-state index in [4.69, 9.17) is 40.6 Å². The normalized spacial score (nSPS) is 11.2. The van der Waals surface area contributed by atoms with Gasteiger partial charge in [0.05, 0.1) is 10.7 Å². The molecule has 1 aromatic heterocycles. The summed E-state index contributed by atoms with van der Waals surface area (Å²) in [5.41, 5.74) is 2.47. The van der Waals surface area contributed by atoms with Crippen LogP contribution in [0.5, 0.6) is 0 Å². The third-order valence-electron chi connectivity index (χ3n) is 2.38. The second-order valence-electron chi connectivity index (χ2n) is 3.91. The largest absolute Gasteiger partial charge is 0.307 e. The number of nitrogens with two attached hydrogens (primary N) is 1. The highest BCUT2D eigenvalue weighted by atomic mass is 35.5. The van der Waals surface area contributed by atoms with Gasteiger partial charge in [0.1, 0.15) is 4.90 Å². The topological polar surface area (TPSA) is 97.1 Å². The van der Waals surface area contributed by atoms with Crippen LogP contribution in [0.3, 0.4) is 0 Å². The summed E-state index contributed by atoms with van der Waals surface area (Å²) in [6.07, 6.45) is 1.12. The maximum atomic E-state index is 12.2. The Morgan fingerprint density at radius 1 is 1.05 bits per heavy atom. The number of anilines is 2. The van der Waals surface area contributed by atoms with E-state index in [0.717, 1.165) is 6.20 Å². The molecule has 2 rings (SSSR count). The number of hydrogen-bond donors (Lipinski definition) is 3. The standard InChI is InChI=1S/C11H9Cl3N4O2S/c12-6-1-7(13)3-8(2-6)18-21(19,20)9-4-10(14)11(17-15)16-5-9/h1-5,18H,15H2,(H,16,17). The van der Waals surface area contributed by atoms with E-state index in [2.05, 4.69) is 15.1 Å². The number of nitrogens with one attached hydrogen (secondary N) is 2. The van der Waals surface area contributed by atoms with Gasteiger partial charge in [-0.2, -0.15) is 0 Å². The molecule has 112 valence electrons. The molecule has 1 heterocycles. The molecule has 0 atom stereocenters. The number of rotatable bonds is 4. The third-order valence-corrected chi connectivity index (χ3v) is 4.45. The molecule has 6 nitrogen and oxygen atoms in total. The molecule has 2 aromatic rings. The van der Waals surface area contributed by atoms with Crippen molar-refractivity contribution in [1.82, 2.24) is 4.98 Å². The van der Waals surface area contributed by atoms with Crippen LogP contribution in [-0.4, -0.2) is 13.4 Å². The molecule has 0 unspecified atom stereocenters. The Balaban J connectivity index is 2.36. The summed E-state index contributed by atoms with van der Waals surface area (Å²) in [7, 11) is -3.88. The molecule has 21 heavy (non-hydrogen) atoms. The third kappa shape index (κ3) is 3.90. The quantitative estimate of drug-likeness (QED) is 0.570. The Kier molecular flexibility index (Phi) is 4.80. The number of nitrogen functional groups attached to an aromatic ring is 1. The summed E-state index contributed by atoms with van der Waals surface area (Å²) in [5, 5.41) is 0.683. The van der Waals surface area contributed by atoms with Gasteiger partial charge in [-0.05, 0) is 24.3 Å². The molecule has 0 amide bonds. The minimum atomic E-state index is -3.88. The van der Waals surface area contributed by atoms with Gasteiger partial charge in [-0.1, -0.05) is 34.8 Å². The van der Waals surface area contributed by atoms with Crippen LogP contribution in [0.4, 0.5) is 11.5 Å². The molecule has 0 radical (unpaired) electrons. The highest BCUT2D eigenvalue weighted by molar-refractivity contribution is 7.92. The molecule has 0 spiro atoms.